The molecule has 0 aliphatic carbocycles. The number of hydrogen-bond donors (Lipinski definition) is 1. The van der Waals surface area contributed by atoms with Gasteiger partial charge in [-0.1, -0.05) is 37.3 Å². The van der Waals surface area contributed by atoms with E-state index in [1.807, 2.05) is 30.3 Å². The standard InChI is InChI=1S/C13H20O2Si/c1-11-9-15-16(2,3)10-13(11,14)12-7-5-4-6-8-12/h4-8,11,14H,9-10H2,1-3H3/t11-,13-/m1/s1. The van der Waals surface area contributed by atoms with Crippen LogP contribution in [0.5, 0.6) is 0 Å². The van der Waals surface area contributed by atoms with Crippen LogP contribution in [0.25, 0.3) is 0 Å². The molecule has 1 saturated heterocycles. The highest BCUT2D eigenvalue weighted by Gasteiger charge is 2.46. The van der Waals surface area contributed by atoms with Crippen molar-refractivity contribution in [2.24, 2.45) is 5.92 Å². The van der Waals surface area contributed by atoms with E-state index in [2.05, 4.69) is 20.0 Å². The molecular formula is C13H20O2Si. The summed E-state index contributed by atoms with van der Waals surface area (Å²) < 4.78 is 5.87. The monoisotopic (exact) mass is 236 g/mol. The SMILES string of the molecule is C[C@@H]1CO[Si](C)(C)C[C@]1(O)c1ccccc1. The number of aliphatic hydroxyl groups is 1. The van der Waals surface area contributed by atoms with Crippen molar-refractivity contribution in [3.63, 3.8) is 0 Å². The summed E-state index contributed by atoms with van der Waals surface area (Å²) >= 11 is 0. The van der Waals surface area contributed by atoms with Crippen LogP contribution in [0.3, 0.4) is 0 Å². The van der Waals surface area contributed by atoms with Gasteiger partial charge in [-0.15, -0.1) is 0 Å². The molecule has 1 N–H and O–H groups in total. The number of rotatable bonds is 1. The van der Waals surface area contributed by atoms with Gasteiger partial charge in [-0.2, -0.15) is 0 Å². The molecule has 1 aliphatic rings. The third kappa shape index (κ3) is 2.07. The molecule has 1 aromatic carbocycles. The summed E-state index contributed by atoms with van der Waals surface area (Å²) in [5, 5.41) is 10.9. The smallest absolute Gasteiger partial charge is 0.189 e. The summed E-state index contributed by atoms with van der Waals surface area (Å²) in [4.78, 5) is 0. The fourth-order valence-electron chi connectivity index (χ4n) is 2.48. The fourth-order valence-corrected chi connectivity index (χ4v) is 5.13. The minimum atomic E-state index is -1.70. The summed E-state index contributed by atoms with van der Waals surface area (Å²) in [6.07, 6.45) is 0. The predicted molar refractivity (Wildman–Crippen MR) is 67.7 cm³/mol. The molecule has 0 unspecified atom stereocenters. The third-order valence-electron chi connectivity index (χ3n) is 3.51. The van der Waals surface area contributed by atoms with E-state index >= 15 is 0 Å². The van der Waals surface area contributed by atoms with E-state index in [1.165, 1.54) is 0 Å². The van der Waals surface area contributed by atoms with E-state index in [0.29, 0.717) is 6.61 Å². The van der Waals surface area contributed by atoms with Gasteiger partial charge < -0.3 is 9.53 Å². The lowest BCUT2D eigenvalue weighted by Gasteiger charge is -2.45. The molecule has 2 rings (SSSR count). The largest absolute Gasteiger partial charge is 0.417 e. The molecule has 0 spiro atoms. The van der Waals surface area contributed by atoms with Gasteiger partial charge in [0, 0.05) is 12.5 Å². The Labute approximate surface area is 98.4 Å². The quantitative estimate of drug-likeness (QED) is 0.760. The predicted octanol–water partition coefficient (Wildman–Crippen LogP) is 2.75. The van der Waals surface area contributed by atoms with Crippen molar-refractivity contribution < 1.29 is 9.53 Å². The zero-order valence-electron chi connectivity index (χ0n) is 10.2. The van der Waals surface area contributed by atoms with Gasteiger partial charge in [-0.05, 0) is 24.7 Å². The molecule has 0 bridgehead atoms. The van der Waals surface area contributed by atoms with Gasteiger partial charge in [-0.25, -0.2) is 0 Å². The van der Waals surface area contributed by atoms with Crippen LogP contribution in [-0.4, -0.2) is 20.0 Å². The van der Waals surface area contributed by atoms with E-state index in [9.17, 15) is 5.11 Å². The summed E-state index contributed by atoms with van der Waals surface area (Å²) in [6.45, 7) is 7.08. The fraction of sp³-hybridized carbons (Fsp3) is 0.538. The van der Waals surface area contributed by atoms with Gasteiger partial charge in [0.25, 0.3) is 0 Å². The van der Waals surface area contributed by atoms with Gasteiger partial charge >= 0.3 is 0 Å². The van der Waals surface area contributed by atoms with Crippen LogP contribution in [0.1, 0.15) is 12.5 Å². The molecular weight excluding hydrogens is 216 g/mol. The molecule has 1 aliphatic heterocycles. The zero-order valence-corrected chi connectivity index (χ0v) is 11.2. The first-order chi connectivity index (χ1) is 7.44. The summed E-state index contributed by atoms with van der Waals surface area (Å²) in [6, 6.07) is 10.8. The van der Waals surface area contributed by atoms with E-state index in [4.69, 9.17) is 4.43 Å². The summed E-state index contributed by atoms with van der Waals surface area (Å²) in [5.74, 6) is 0.162. The van der Waals surface area contributed by atoms with E-state index < -0.39 is 13.9 Å². The third-order valence-corrected chi connectivity index (χ3v) is 5.85. The molecule has 1 heterocycles. The van der Waals surface area contributed by atoms with E-state index in [-0.39, 0.29) is 5.92 Å². The second kappa shape index (κ2) is 3.98. The van der Waals surface area contributed by atoms with Crippen molar-refractivity contribution in [1.82, 2.24) is 0 Å². The second-order valence-corrected chi connectivity index (χ2v) is 9.60. The van der Waals surface area contributed by atoms with Crippen molar-refractivity contribution in [2.45, 2.75) is 31.7 Å². The maximum absolute atomic E-state index is 10.9. The van der Waals surface area contributed by atoms with Crippen LogP contribution in [0.15, 0.2) is 30.3 Å². The molecule has 0 radical (unpaired) electrons. The van der Waals surface area contributed by atoms with Crippen LogP contribution in [0.2, 0.25) is 19.1 Å². The lowest BCUT2D eigenvalue weighted by atomic mass is 9.84. The molecule has 88 valence electrons. The van der Waals surface area contributed by atoms with Crippen LogP contribution in [0, 0.1) is 5.92 Å². The van der Waals surface area contributed by atoms with Crippen molar-refractivity contribution in [3.8, 4) is 0 Å². The maximum atomic E-state index is 10.9. The average molecular weight is 236 g/mol. The Bertz CT molecular complexity index is 363. The lowest BCUT2D eigenvalue weighted by Crippen LogP contribution is -2.51. The minimum absolute atomic E-state index is 0.162. The van der Waals surface area contributed by atoms with Gasteiger partial charge in [0.15, 0.2) is 8.32 Å². The van der Waals surface area contributed by atoms with Gasteiger partial charge in [0.2, 0.25) is 0 Å². The Morgan fingerprint density at radius 3 is 2.56 bits per heavy atom. The zero-order chi connectivity index (χ0) is 11.8. The Morgan fingerprint density at radius 1 is 1.31 bits per heavy atom. The van der Waals surface area contributed by atoms with Crippen molar-refractivity contribution in [1.29, 1.82) is 0 Å². The highest BCUT2D eigenvalue weighted by molar-refractivity contribution is 6.71. The molecule has 16 heavy (non-hydrogen) atoms. The molecule has 1 aromatic rings. The lowest BCUT2D eigenvalue weighted by molar-refractivity contribution is -0.0405. The molecule has 0 amide bonds. The van der Waals surface area contributed by atoms with Crippen LogP contribution >= 0.6 is 0 Å². The molecule has 0 saturated carbocycles. The van der Waals surface area contributed by atoms with Gasteiger partial charge in [0.05, 0.1) is 5.60 Å². The van der Waals surface area contributed by atoms with Crippen molar-refractivity contribution in [2.75, 3.05) is 6.61 Å². The highest BCUT2D eigenvalue weighted by Crippen LogP contribution is 2.41. The van der Waals surface area contributed by atoms with Crippen LogP contribution in [-0.2, 0) is 10.0 Å². The van der Waals surface area contributed by atoms with Gasteiger partial charge in [-0.3, -0.25) is 0 Å². The molecule has 2 atom stereocenters. The molecule has 3 heteroatoms. The average Bonchev–Trinajstić information content (AvgIpc) is 2.25. The number of benzene rings is 1. The normalized spacial score (nSPS) is 33.6. The maximum Gasteiger partial charge on any atom is 0.189 e. The Kier molecular flexibility index (Phi) is 2.95. The summed E-state index contributed by atoms with van der Waals surface area (Å²) in [7, 11) is -1.70. The first-order valence-electron chi connectivity index (χ1n) is 5.86. The Hall–Kier alpha value is -0.643. The Balaban J connectivity index is 2.35. The summed E-state index contributed by atoms with van der Waals surface area (Å²) in [5.41, 5.74) is 0.335. The van der Waals surface area contributed by atoms with E-state index in [1.54, 1.807) is 0 Å². The second-order valence-electron chi connectivity index (χ2n) is 5.44. The Morgan fingerprint density at radius 2 is 1.94 bits per heavy atom. The van der Waals surface area contributed by atoms with Crippen molar-refractivity contribution >= 4 is 8.32 Å². The first-order valence-corrected chi connectivity index (χ1v) is 8.97. The molecule has 2 nitrogen and oxygen atoms in total. The van der Waals surface area contributed by atoms with Crippen molar-refractivity contribution in [3.05, 3.63) is 35.9 Å². The first kappa shape index (κ1) is 11.8. The molecule has 0 aromatic heterocycles. The van der Waals surface area contributed by atoms with E-state index in [0.717, 1.165) is 11.6 Å². The van der Waals surface area contributed by atoms with Crippen LogP contribution in [0.4, 0.5) is 0 Å². The number of hydrogen-bond acceptors (Lipinski definition) is 2. The van der Waals surface area contributed by atoms with Gasteiger partial charge in [0.1, 0.15) is 0 Å². The highest BCUT2D eigenvalue weighted by atomic mass is 28.4. The minimum Gasteiger partial charge on any atom is -0.417 e. The molecule has 1 fully saturated rings. The van der Waals surface area contributed by atoms with Crippen LogP contribution < -0.4 is 0 Å². The topological polar surface area (TPSA) is 29.5 Å².